The molecule has 0 heterocycles. The normalized spacial score (nSPS) is 11.4. The second kappa shape index (κ2) is 6.06. The van der Waals surface area contributed by atoms with Crippen LogP contribution in [0.15, 0.2) is 46.9 Å². The lowest BCUT2D eigenvalue weighted by molar-refractivity contribution is -0.137. The van der Waals surface area contributed by atoms with Crippen LogP contribution in [-0.2, 0) is 12.7 Å². The van der Waals surface area contributed by atoms with Crippen molar-refractivity contribution < 1.29 is 13.2 Å². The Balaban J connectivity index is 2.06. The summed E-state index contributed by atoms with van der Waals surface area (Å²) in [5.74, 6) is 0. The minimum absolute atomic E-state index is 0.414. The third-order valence-corrected chi connectivity index (χ3v) is 3.62. The maximum absolute atomic E-state index is 12.4. The summed E-state index contributed by atoms with van der Waals surface area (Å²) in [7, 11) is 0. The fraction of sp³-hybridized carbons (Fsp3) is 0.143. The molecule has 0 unspecified atom stereocenters. The first-order valence-corrected chi connectivity index (χ1v) is 6.88. The molecule has 6 heteroatoms. The van der Waals surface area contributed by atoms with Gasteiger partial charge in [-0.25, -0.2) is 0 Å². The van der Waals surface area contributed by atoms with Crippen molar-refractivity contribution in [2.45, 2.75) is 12.7 Å². The number of hydrogen-bond donors (Lipinski definition) is 1. The molecule has 1 nitrogen and oxygen atoms in total. The Hall–Kier alpha value is -1.20. The monoisotopic (exact) mass is 363 g/mol. The Morgan fingerprint density at radius 2 is 1.70 bits per heavy atom. The third kappa shape index (κ3) is 3.90. The van der Waals surface area contributed by atoms with Crippen LogP contribution in [0.4, 0.5) is 18.9 Å². The molecule has 0 saturated heterocycles. The van der Waals surface area contributed by atoms with Crippen LogP contribution in [0.1, 0.15) is 11.1 Å². The van der Waals surface area contributed by atoms with Gasteiger partial charge in [-0.1, -0.05) is 23.7 Å². The summed E-state index contributed by atoms with van der Waals surface area (Å²) in [4.78, 5) is 0. The minimum atomic E-state index is -4.30. The van der Waals surface area contributed by atoms with Crippen molar-refractivity contribution in [1.82, 2.24) is 0 Å². The number of halogens is 5. The van der Waals surface area contributed by atoms with Crippen LogP contribution < -0.4 is 5.32 Å². The molecule has 0 amide bonds. The summed E-state index contributed by atoms with van der Waals surface area (Å²) in [5, 5.41) is 3.70. The van der Waals surface area contributed by atoms with Gasteiger partial charge in [0.25, 0.3) is 0 Å². The summed E-state index contributed by atoms with van der Waals surface area (Å²) >= 11 is 9.26. The second-order valence-corrected chi connectivity index (χ2v) is 5.46. The topological polar surface area (TPSA) is 12.0 Å². The minimum Gasteiger partial charge on any atom is -0.380 e. The van der Waals surface area contributed by atoms with Crippen molar-refractivity contribution >= 4 is 33.2 Å². The maximum Gasteiger partial charge on any atom is 0.416 e. The lowest BCUT2D eigenvalue weighted by Crippen LogP contribution is -2.05. The smallest absolute Gasteiger partial charge is 0.380 e. The number of rotatable bonds is 3. The van der Waals surface area contributed by atoms with E-state index < -0.39 is 11.7 Å². The van der Waals surface area contributed by atoms with Gasteiger partial charge in [-0.05, 0) is 51.8 Å². The number of benzene rings is 2. The van der Waals surface area contributed by atoms with Crippen LogP contribution in [0.2, 0.25) is 5.02 Å². The molecule has 0 radical (unpaired) electrons. The summed E-state index contributed by atoms with van der Waals surface area (Å²) in [6.07, 6.45) is -4.30. The molecule has 2 aromatic rings. The Labute approximate surface area is 127 Å². The van der Waals surface area contributed by atoms with E-state index in [1.165, 1.54) is 12.1 Å². The summed E-state index contributed by atoms with van der Waals surface area (Å²) in [5.41, 5.74) is 0.896. The van der Waals surface area contributed by atoms with E-state index in [1.54, 1.807) is 18.2 Å². The molecule has 0 bridgehead atoms. The van der Waals surface area contributed by atoms with Gasteiger partial charge in [0, 0.05) is 16.0 Å². The first-order chi connectivity index (χ1) is 9.36. The van der Waals surface area contributed by atoms with Crippen molar-refractivity contribution in [2.24, 2.45) is 0 Å². The summed E-state index contributed by atoms with van der Waals surface area (Å²) in [6.45, 7) is 0.414. The van der Waals surface area contributed by atoms with Crippen molar-refractivity contribution in [1.29, 1.82) is 0 Å². The summed E-state index contributed by atoms with van der Waals surface area (Å²) in [6, 6.07) is 10.3. The molecule has 2 rings (SSSR count). The van der Waals surface area contributed by atoms with Gasteiger partial charge in [0.2, 0.25) is 0 Å². The van der Waals surface area contributed by atoms with Crippen LogP contribution in [0.25, 0.3) is 0 Å². The van der Waals surface area contributed by atoms with Gasteiger partial charge >= 0.3 is 6.18 Å². The van der Waals surface area contributed by atoms with Crippen LogP contribution >= 0.6 is 27.5 Å². The molecule has 0 aromatic heterocycles. The number of anilines is 1. The standard InChI is InChI=1S/C14H10BrClF3N/c15-12-6-5-11(16)7-13(12)20-8-9-1-3-10(4-2-9)14(17,18)19/h1-7,20H,8H2. The maximum atomic E-state index is 12.4. The van der Waals surface area contributed by atoms with Gasteiger partial charge < -0.3 is 5.32 Å². The average Bonchev–Trinajstić information content (AvgIpc) is 2.39. The first kappa shape index (κ1) is 15.2. The van der Waals surface area contributed by atoms with Crippen LogP contribution in [0.5, 0.6) is 0 Å². The van der Waals surface area contributed by atoms with Crippen molar-refractivity contribution in [3.8, 4) is 0 Å². The molecule has 1 N–H and O–H groups in total. The van der Waals surface area contributed by atoms with E-state index in [-0.39, 0.29) is 0 Å². The van der Waals surface area contributed by atoms with E-state index in [9.17, 15) is 13.2 Å². The first-order valence-electron chi connectivity index (χ1n) is 5.71. The zero-order valence-corrected chi connectivity index (χ0v) is 12.5. The summed E-state index contributed by atoms with van der Waals surface area (Å²) < 4.78 is 38.1. The predicted octanol–water partition coefficient (Wildman–Crippen LogP) is 5.73. The fourth-order valence-corrected chi connectivity index (χ4v) is 2.20. The molecule has 0 aliphatic carbocycles. The second-order valence-electron chi connectivity index (χ2n) is 4.17. The fourth-order valence-electron chi connectivity index (χ4n) is 1.64. The molecule has 0 atom stereocenters. The zero-order chi connectivity index (χ0) is 14.8. The lowest BCUT2D eigenvalue weighted by Gasteiger charge is -2.10. The van der Waals surface area contributed by atoms with Crippen LogP contribution in [-0.4, -0.2) is 0 Å². The third-order valence-electron chi connectivity index (χ3n) is 2.69. The number of alkyl halides is 3. The molecule has 0 aliphatic rings. The van der Waals surface area contributed by atoms with E-state index in [1.807, 2.05) is 0 Å². The van der Waals surface area contributed by atoms with E-state index in [0.29, 0.717) is 11.6 Å². The van der Waals surface area contributed by atoms with Gasteiger partial charge in [0.1, 0.15) is 0 Å². The molecule has 0 aliphatic heterocycles. The Morgan fingerprint density at radius 1 is 1.05 bits per heavy atom. The van der Waals surface area contributed by atoms with E-state index in [0.717, 1.165) is 27.9 Å². The van der Waals surface area contributed by atoms with Crippen LogP contribution in [0, 0.1) is 0 Å². The molecule has 106 valence electrons. The molecule has 0 spiro atoms. The number of nitrogens with one attached hydrogen (secondary N) is 1. The highest BCUT2D eigenvalue weighted by molar-refractivity contribution is 9.10. The Kier molecular flexibility index (Phi) is 4.60. The zero-order valence-electron chi connectivity index (χ0n) is 10.1. The van der Waals surface area contributed by atoms with Gasteiger partial charge in [0.05, 0.1) is 11.3 Å². The van der Waals surface area contributed by atoms with Gasteiger partial charge in [-0.3, -0.25) is 0 Å². The highest BCUT2D eigenvalue weighted by atomic mass is 79.9. The lowest BCUT2D eigenvalue weighted by atomic mass is 10.1. The van der Waals surface area contributed by atoms with E-state index >= 15 is 0 Å². The molecule has 0 saturated carbocycles. The SMILES string of the molecule is FC(F)(F)c1ccc(CNc2cc(Cl)ccc2Br)cc1. The highest BCUT2D eigenvalue weighted by Gasteiger charge is 2.29. The van der Waals surface area contributed by atoms with Crippen molar-refractivity contribution in [3.63, 3.8) is 0 Å². The molecule has 2 aromatic carbocycles. The Morgan fingerprint density at radius 3 is 2.30 bits per heavy atom. The van der Waals surface area contributed by atoms with E-state index in [2.05, 4.69) is 21.2 Å². The van der Waals surface area contributed by atoms with Gasteiger partial charge in [0.15, 0.2) is 0 Å². The largest absolute Gasteiger partial charge is 0.416 e. The quantitative estimate of drug-likeness (QED) is 0.733. The van der Waals surface area contributed by atoms with Crippen molar-refractivity contribution in [2.75, 3.05) is 5.32 Å². The molecule has 0 fully saturated rings. The average molecular weight is 365 g/mol. The molecule has 20 heavy (non-hydrogen) atoms. The Bertz CT molecular complexity index is 596. The highest BCUT2D eigenvalue weighted by Crippen LogP contribution is 2.30. The van der Waals surface area contributed by atoms with E-state index in [4.69, 9.17) is 11.6 Å². The van der Waals surface area contributed by atoms with Gasteiger partial charge in [-0.2, -0.15) is 13.2 Å². The molecular formula is C14H10BrClF3N. The molecular weight excluding hydrogens is 355 g/mol. The van der Waals surface area contributed by atoms with Gasteiger partial charge in [-0.15, -0.1) is 0 Å². The van der Waals surface area contributed by atoms with Crippen LogP contribution in [0.3, 0.4) is 0 Å². The number of hydrogen-bond acceptors (Lipinski definition) is 1. The van der Waals surface area contributed by atoms with Crippen molar-refractivity contribution in [3.05, 3.63) is 63.1 Å². The predicted molar refractivity (Wildman–Crippen MR) is 77.9 cm³/mol.